The Morgan fingerprint density at radius 2 is 2.11 bits per heavy atom. The number of nitrogens with zero attached hydrogens (tertiary/aromatic N) is 1. The fourth-order valence-electron chi connectivity index (χ4n) is 2.88. The molecule has 3 heteroatoms. The van der Waals surface area contributed by atoms with E-state index in [2.05, 4.69) is 18.7 Å². The number of halogens is 1. The van der Waals surface area contributed by atoms with Crippen molar-refractivity contribution < 1.29 is 4.39 Å². The highest BCUT2D eigenvalue weighted by Gasteiger charge is 2.28. The summed E-state index contributed by atoms with van der Waals surface area (Å²) in [6.07, 6.45) is 2.38. The molecule has 2 nitrogen and oxygen atoms in total. The molecule has 1 atom stereocenters. The summed E-state index contributed by atoms with van der Waals surface area (Å²) in [5.74, 6) is -0.189. The molecule has 0 saturated carbocycles. The monoisotopic (exact) mass is 250 g/mol. The van der Waals surface area contributed by atoms with Gasteiger partial charge in [-0.25, -0.2) is 4.39 Å². The van der Waals surface area contributed by atoms with Crippen LogP contribution >= 0.6 is 0 Å². The molecule has 1 saturated heterocycles. The van der Waals surface area contributed by atoms with Crippen molar-refractivity contribution in [2.45, 2.75) is 39.7 Å². The van der Waals surface area contributed by atoms with Crippen molar-refractivity contribution in [3.05, 3.63) is 29.6 Å². The van der Waals surface area contributed by atoms with Gasteiger partial charge in [0.05, 0.1) is 0 Å². The zero-order chi connectivity index (χ0) is 13.3. The maximum absolute atomic E-state index is 13.9. The van der Waals surface area contributed by atoms with E-state index in [1.807, 2.05) is 13.0 Å². The van der Waals surface area contributed by atoms with E-state index < -0.39 is 0 Å². The zero-order valence-electron chi connectivity index (χ0n) is 11.5. The Balaban J connectivity index is 2.36. The number of rotatable bonds is 2. The fraction of sp³-hybridized carbons (Fsp3) is 0.600. The third-order valence-corrected chi connectivity index (χ3v) is 3.73. The quantitative estimate of drug-likeness (QED) is 0.870. The van der Waals surface area contributed by atoms with Crippen molar-refractivity contribution >= 4 is 5.69 Å². The molecular formula is C15H23FN2. The summed E-state index contributed by atoms with van der Waals surface area (Å²) in [5.41, 5.74) is 7.83. The van der Waals surface area contributed by atoms with Gasteiger partial charge in [-0.15, -0.1) is 0 Å². The van der Waals surface area contributed by atoms with Crippen molar-refractivity contribution in [2.75, 3.05) is 18.0 Å². The molecule has 0 aliphatic carbocycles. The topological polar surface area (TPSA) is 29.3 Å². The number of benzene rings is 1. The van der Waals surface area contributed by atoms with Gasteiger partial charge in [0.25, 0.3) is 0 Å². The Labute approximate surface area is 109 Å². The summed E-state index contributed by atoms with van der Waals surface area (Å²) in [7, 11) is 0. The Morgan fingerprint density at radius 3 is 2.72 bits per heavy atom. The van der Waals surface area contributed by atoms with Crippen LogP contribution in [-0.4, -0.2) is 13.1 Å². The molecule has 1 fully saturated rings. The van der Waals surface area contributed by atoms with Crippen molar-refractivity contribution in [2.24, 2.45) is 11.1 Å². The second kappa shape index (κ2) is 4.88. The lowest BCUT2D eigenvalue weighted by molar-refractivity contribution is 0.292. The van der Waals surface area contributed by atoms with E-state index in [0.717, 1.165) is 25.2 Å². The van der Waals surface area contributed by atoms with Crippen molar-refractivity contribution in [1.82, 2.24) is 0 Å². The molecule has 100 valence electrons. The third-order valence-electron chi connectivity index (χ3n) is 3.73. The van der Waals surface area contributed by atoms with E-state index in [9.17, 15) is 4.39 Å². The predicted octanol–water partition coefficient (Wildman–Crippen LogP) is 3.47. The van der Waals surface area contributed by atoms with Gasteiger partial charge in [0.2, 0.25) is 0 Å². The molecule has 2 N–H and O–H groups in total. The highest BCUT2D eigenvalue weighted by Crippen LogP contribution is 2.35. The predicted molar refractivity (Wildman–Crippen MR) is 74.2 cm³/mol. The average Bonchev–Trinajstić information content (AvgIpc) is 2.26. The van der Waals surface area contributed by atoms with Crippen LogP contribution < -0.4 is 10.6 Å². The van der Waals surface area contributed by atoms with Gasteiger partial charge in [0.15, 0.2) is 0 Å². The van der Waals surface area contributed by atoms with Gasteiger partial charge in [-0.05, 0) is 37.3 Å². The molecule has 1 aromatic rings. The maximum atomic E-state index is 13.9. The van der Waals surface area contributed by atoms with Gasteiger partial charge >= 0.3 is 0 Å². The largest absolute Gasteiger partial charge is 0.371 e. The highest BCUT2D eigenvalue weighted by atomic mass is 19.1. The molecular weight excluding hydrogens is 227 g/mol. The summed E-state index contributed by atoms with van der Waals surface area (Å²) in [4.78, 5) is 2.28. The van der Waals surface area contributed by atoms with Gasteiger partial charge in [-0.2, -0.15) is 0 Å². The van der Waals surface area contributed by atoms with Crippen LogP contribution in [0, 0.1) is 11.2 Å². The first-order chi connectivity index (χ1) is 8.41. The summed E-state index contributed by atoms with van der Waals surface area (Å²) < 4.78 is 13.9. The Hall–Kier alpha value is -1.09. The summed E-state index contributed by atoms with van der Waals surface area (Å²) >= 11 is 0. The lowest BCUT2D eigenvalue weighted by Gasteiger charge is -2.40. The van der Waals surface area contributed by atoms with Crippen LogP contribution in [-0.2, 0) is 0 Å². The second-order valence-electron chi connectivity index (χ2n) is 6.15. The van der Waals surface area contributed by atoms with Crippen LogP contribution in [0.1, 0.15) is 45.2 Å². The standard InChI is InChI=1S/C15H23FN2/c1-11(17)14-12(16)6-4-7-13(14)18-9-5-8-15(2,3)10-18/h4,6-7,11H,5,8-10,17H2,1-3H3/t11-/m0/s1. The van der Waals surface area contributed by atoms with E-state index in [1.54, 1.807) is 6.07 Å². The van der Waals surface area contributed by atoms with Crippen molar-refractivity contribution in [3.63, 3.8) is 0 Å². The van der Waals surface area contributed by atoms with E-state index in [4.69, 9.17) is 5.73 Å². The zero-order valence-corrected chi connectivity index (χ0v) is 11.5. The first kappa shape index (κ1) is 13.3. The minimum absolute atomic E-state index is 0.189. The van der Waals surface area contributed by atoms with Crippen LogP contribution in [0.25, 0.3) is 0 Å². The van der Waals surface area contributed by atoms with Gasteiger partial charge in [0, 0.05) is 30.4 Å². The number of hydrogen-bond acceptors (Lipinski definition) is 2. The molecule has 1 aliphatic heterocycles. The highest BCUT2D eigenvalue weighted by molar-refractivity contribution is 5.56. The molecule has 1 aromatic carbocycles. The summed E-state index contributed by atoms with van der Waals surface area (Å²) in [6, 6.07) is 4.99. The van der Waals surface area contributed by atoms with E-state index in [1.165, 1.54) is 12.5 Å². The van der Waals surface area contributed by atoms with Crippen molar-refractivity contribution in [3.8, 4) is 0 Å². The molecule has 0 aromatic heterocycles. The number of anilines is 1. The number of hydrogen-bond donors (Lipinski definition) is 1. The van der Waals surface area contributed by atoms with E-state index in [0.29, 0.717) is 11.0 Å². The smallest absolute Gasteiger partial charge is 0.130 e. The lowest BCUT2D eigenvalue weighted by Crippen LogP contribution is -2.40. The first-order valence-electron chi connectivity index (χ1n) is 6.70. The molecule has 0 spiro atoms. The van der Waals surface area contributed by atoms with Crippen LogP contribution in [0.2, 0.25) is 0 Å². The minimum Gasteiger partial charge on any atom is -0.371 e. The Morgan fingerprint density at radius 1 is 1.39 bits per heavy atom. The van der Waals surface area contributed by atoms with Crippen molar-refractivity contribution in [1.29, 1.82) is 0 Å². The number of piperidine rings is 1. The van der Waals surface area contributed by atoms with Crippen LogP contribution in [0.4, 0.5) is 10.1 Å². The number of nitrogens with two attached hydrogens (primary N) is 1. The maximum Gasteiger partial charge on any atom is 0.130 e. The van der Waals surface area contributed by atoms with E-state index >= 15 is 0 Å². The minimum atomic E-state index is -0.272. The molecule has 0 unspecified atom stereocenters. The average molecular weight is 250 g/mol. The third kappa shape index (κ3) is 2.66. The Bertz CT molecular complexity index is 427. The Kier molecular flexibility index (Phi) is 3.62. The van der Waals surface area contributed by atoms with Gasteiger partial charge in [-0.3, -0.25) is 0 Å². The molecule has 1 heterocycles. The normalized spacial score (nSPS) is 20.8. The fourth-order valence-corrected chi connectivity index (χ4v) is 2.88. The molecule has 18 heavy (non-hydrogen) atoms. The molecule has 0 radical (unpaired) electrons. The molecule has 0 amide bonds. The van der Waals surface area contributed by atoms with Gasteiger partial charge in [-0.1, -0.05) is 19.9 Å². The van der Waals surface area contributed by atoms with Crippen LogP contribution in [0.5, 0.6) is 0 Å². The summed E-state index contributed by atoms with van der Waals surface area (Å²) in [5, 5.41) is 0. The van der Waals surface area contributed by atoms with Crippen LogP contribution in [0.15, 0.2) is 18.2 Å². The molecule has 0 bridgehead atoms. The first-order valence-corrected chi connectivity index (χ1v) is 6.70. The lowest BCUT2D eigenvalue weighted by atomic mass is 9.83. The second-order valence-corrected chi connectivity index (χ2v) is 6.15. The molecule has 1 aliphatic rings. The molecule has 2 rings (SSSR count). The SMILES string of the molecule is C[C@H](N)c1c(F)cccc1N1CCCC(C)(C)C1. The van der Waals surface area contributed by atoms with E-state index in [-0.39, 0.29) is 11.9 Å². The van der Waals surface area contributed by atoms with Gasteiger partial charge in [0.1, 0.15) is 5.82 Å². The summed E-state index contributed by atoms with van der Waals surface area (Å²) in [6.45, 7) is 8.34. The van der Waals surface area contributed by atoms with Crippen LogP contribution in [0.3, 0.4) is 0 Å². The van der Waals surface area contributed by atoms with Gasteiger partial charge < -0.3 is 10.6 Å².